The zero-order chi connectivity index (χ0) is 10.6. The van der Waals surface area contributed by atoms with Crippen LogP contribution in [-0.2, 0) is 14.3 Å². The Morgan fingerprint density at radius 3 is 2.50 bits per heavy atom. The third kappa shape index (κ3) is 3.43. The fraction of sp³-hybridized carbons (Fsp3) is 0.778. The van der Waals surface area contributed by atoms with Crippen LogP contribution < -0.4 is 5.32 Å². The van der Waals surface area contributed by atoms with Crippen LogP contribution in [0.15, 0.2) is 0 Å². The molecule has 0 aromatic rings. The molecule has 80 valence electrons. The van der Waals surface area contributed by atoms with Gasteiger partial charge in [-0.25, -0.2) is 0 Å². The van der Waals surface area contributed by atoms with E-state index in [9.17, 15) is 9.59 Å². The first kappa shape index (κ1) is 11.1. The first-order valence-electron chi connectivity index (χ1n) is 4.65. The van der Waals surface area contributed by atoms with Crippen molar-refractivity contribution in [2.45, 2.75) is 6.92 Å². The van der Waals surface area contributed by atoms with Gasteiger partial charge in [-0.05, 0) is 5.92 Å². The van der Waals surface area contributed by atoms with Crippen molar-refractivity contribution >= 4 is 11.8 Å². The molecule has 0 aromatic heterocycles. The van der Waals surface area contributed by atoms with E-state index in [1.807, 2.05) is 11.8 Å². The molecule has 1 rings (SSSR count). The summed E-state index contributed by atoms with van der Waals surface area (Å²) >= 11 is 0. The molecule has 5 nitrogen and oxygen atoms in total. The molecule has 0 saturated carbocycles. The highest BCUT2D eigenvalue weighted by atomic mass is 16.5. The van der Waals surface area contributed by atoms with Crippen LogP contribution in [0.2, 0.25) is 0 Å². The molecular formula is C9H16N2O3. The van der Waals surface area contributed by atoms with Crippen LogP contribution in [0, 0.1) is 5.92 Å². The van der Waals surface area contributed by atoms with E-state index >= 15 is 0 Å². The van der Waals surface area contributed by atoms with E-state index in [-0.39, 0.29) is 11.8 Å². The molecule has 1 unspecified atom stereocenters. The summed E-state index contributed by atoms with van der Waals surface area (Å²) in [7, 11) is 1.64. The molecule has 0 radical (unpaired) electrons. The Morgan fingerprint density at radius 2 is 2.00 bits per heavy atom. The van der Waals surface area contributed by atoms with Gasteiger partial charge >= 0.3 is 0 Å². The quantitative estimate of drug-likeness (QED) is 0.605. The van der Waals surface area contributed by atoms with Crippen LogP contribution in [0.25, 0.3) is 0 Å². The molecule has 1 N–H and O–H groups in total. The first-order valence-corrected chi connectivity index (χ1v) is 4.65. The van der Waals surface area contributed by atoms with Gasteiger partial charge in [0.05, 0.1) is 13.1 Å². The molecular weight excluding hydrogens is 184 g/mol. The molecule has 1 heterocycles. The van der Waals surface area contributed by atoms with E-state index in [2.05, 4.69) is 5.32 Å². The standard InChI is InChI=1S/C9H16N2O3/c1-7(6-14-2)3-11-4-8(12)10-9(13)5-11/h7H,3-6H2,1-2H3,(H,10,12,13). The molecule has 2 amide bonds. The topological polar surface area (TPSA) is 58.6 Å². The van der Waals surface area contributed by atoms with Crippen molar-refractivity contribution in [3.8, 4) is 0 Å². The minimum Gasteiger partial charge on any atom is -0.384 e. The van der Waals surface area contributed by atoms with Crippen molar-refractivity contribution in [2.24, 2.45) is 5.92 Å². The van der Waals surface area contributed by atoms with E-state index in [1.165, 1.54) is 0 Å². The smallest absolute Gasteiger partial charge is 0.240 e. The molecule has 0 spiro atoms. The Bertz CT molecular complexity index is 214. The van der Waals surface area contributed by atoms with E-state index in [1.54, 1.807) is 7.11 Å². The van der Waals surface area contributed by atoms with E-state index in [0.29, 0.717) is 32.2 Å². The Hall–Kier alpha value is -0.940. The van der Waals surface area contributed by atoms with Crippen LogP contribution in [0.1, 0.15) is 6.92 Å². The molecule has 1 atom stereocenters. The molecule has 0 aromatic carbocycles. The number of hydrogen-bond donors (Lipinski definition) is 1. The lowest BCUT2D eigenvalue weighted by Gasteiger charge is -2.27. The summed E-state index contributed by atoms with van der Waals surface area (Å²) in [6.07, 6.45) is 0. The number of imide groups is 1. The number of nitrogens with one attached hydrogen (secondary N) is 1. The fourth-order valence-corrected chi connectivity index (χ4v) is 1.60. The molecule has 1 fully saturated rings. The lowest BCUT2D eigenvalue weighted by atomic mass is 10.1. The van der Waals surface area contributed by atoms with Gasteiger partial charge in [0.2, 0.25) is 11.8 Å². The first-order chi connectivity index (χ1) is 6.61. The SMILES string of the molecule is COCC(C)CN1CC(=O)NC(=O)C1. The lowest BCUT2D eigenvalue weighted by molar-refractivity contribution is -0.136. The number of carbonyl (C=O) groups is 2. The highest BCUT2D eigenvalue weighted by molar-refractivity contribution is 5.99. The largest absolute Gasteiger partial charge is 0.384 e. The highest BCUT2D eigenvalue weighted by Crippen LogP contribution is 2.02. The number of amides is 2. The van der Waals surface area contributed by atoms with Crippen LogP contribution in [0.3, 0.4) is 0 Å². The number of nitrogens with zero attached hydrogens (tertiary/aromatic N) is 1. The number of rotatable bonds is 4. The normalized spacial score (nSPS) is 20.7. The van der Waals surface area contributed by atoms with Crippen molar-refractivity contribution in [2.75, 3.05) is 33.4 Å². The zero-order valence-corrected chi connectivity index (χ0v) is 8.58. The Kier molecular flexibility index (Phi) is 4.03. The molecule has 1 aliphatic rings. The van der Waals surface area contributed by atoms with Crippen LogP contribution >= 0.6 is 0 Å². The summed E-state index contributed by atoms with van der Waals surface area (Å²) in [4.78, 5) is 23.9. The predicted octanol–water partition coefficient (Wildman–Crippen LogP) is -0.773. The van der Waals surface area contributed by atoms with Gasteiger partial charge in [-0.2, -0.15) is 0 Å². The predicted molar refractivity (Wildman–Crippen MR) is 50.6 cm³/mol. The minimum atomic E-state index is -0.217. The van der Waals surface area contributed by atoms with Gasteiger partial charge in [0, 0.05) is 20.3 Å². The molecule has 0 aliphatic carbocycles. The van der Waals surface area contributed by atoms with Gasteiger partial charge in [-0.15, -0.1) is 0 Å². The maximum Gasteiger partial charge on any atom is 0.240 e. The molecule has 1 saturated heterocycles. The van der Waals surface area contributed by atoms with Gasteiger partial charge in [-0.1, -0.05) is 6.92 Å². The highest BCUT2D eigenvalue weighted by Gasteiger charge is 2.23. The molecule has 1 aliphatic heterocycles. The van der Waals surface area contributed by atoms with Crippen molar-refractivity contribution < 1.29 is 14.3 Å². The van der Waals surface area contributed by atoms with Crippen molar-refractivity contribution in [1.82, 2.24) is 10.2 Å². The van der Waals surface area contributed by atoms with Gasteiger partial charge in [0.25, 0.3) is 0 Å². The van der Waals surface area contributed by atoms with Gasteiger partial charge in [-0.3, -0.25) is 19.8 Å². The zero-order valence-electron chi connectivity index (χ0n) is 8.58. The summed E-state index contributed by atoms with van der Waals surface area (Å²) in [5.41, 5.74) is 0. The third-order valence-electron chi connectivity index (χ3n) is 2.03. The molecule has 14 heavy (non-hydrogen) atoms. The second kappa shape index (κ2) is 5.07. The number of carbonyl (C=O) groups excluding carboxylic acids is 2. The second-order valence-electron chi connectivity index (χ2n) is 3.70. The summed E-state index contributed by atoms with van der Waals surface area (Å²) in [5, 5.41) is 2.26. The van der Waals surface area contributed by atoms with Crippen LogP contribution in [0.4, 0.5) is 0 Å². The van der Waals surface area contributed by atoms with Crippen LogP contribution in [-0.4, -0.2) is 50.1 Å². The monoisotopic (exact) mass is 200 g/mol. The number of ether oxygens (including phenoxy) is 1. The minimum absolute atomic E-state index is 0.217. The average molecular weight is 200 g/mol. The van der Waals surface area contributed by atoms with Gasteiger partial charge < -0.3 is 4.74 Å². The Labute approximate surface area is 83.4 Å². The van der Waals surface area contributed by atoms with Crippen molar-refractivity contribution in [3.63, 3.8) is 0 Å². The Balaban J connectivity index is 2.36. The maximum absolute atomic E-state index is 11.0. The van der Waals surface area contributed by atoms with E-state index in [0.717, 1.165) is 0 Å². The summed E-state index contributed by atoms with van der Waals surface area (Å²) < 4.78 is 4.99. The second-order valence-corrected chi connectivity index (χ2v) is 3.70. The number of piperazine rings is 1. The molecule has 5 heteroatoms. The summed E-state index contributed by atoms with van der Waals surface area (Å²) in [6, 6.07) is 0. The summed E-state index contributed by atoms with van der Waals surface area (Å²) in [6.45, 7) is 4.00. The van der Waals surface area contributed by atoms with Gasteiger partial charge in [0.15, 0.2) is 0 Å². The fourth-order valence-electron chi connectivity index (χ4n) is 1.60. The van der Waals surface area contributed by atoms with Crippen molar-refractivity contribution in [1.29, 1.82) is 0 Å². The Morgan fingerprint density at radius 1 is 1.43 bits per heavy atom. The van der Waals surface area contributed by atoms with Crippen molar-refractivity contribution in [3.05, 3.63) is 0 Å². The van der Waals surface area contributed by atoms with E-state index in [4.69, 9.17) is 4.74 Å². The number of hydrogen-bond acceptors (Lipinski definition) is 4. The van der Waals surface area contributed by atoms with Gasteiger partial charge in [0.1, 0.15) is 0 Å². The molecule has 0 bridgehead atoms. The lowest BCUT2D eigenvalue weighted by Crippen LogP contribution is -2.52. The third-order valence-corrected chi connectivity index (χ3v) is 2.03. The number of methoxy groups -OCH3 is 1. The van der Waals surface area contributed by atoms with E-state index < -0.39 is 0 Å². The average Bonchev–Trinajstić information content (AvgIpc) is 2.01. The summed E-state index contributed by atoms with van der Waals surface area (Å²) in [5.74, 6) is -0.101. The van der Waals surface area contributed by atoms with Crippen LogP contribution in [0.5, 0.6) is 0 Å². The maximum atomic E-state index is 11.0.